The summed E-state index contributed by atoms with van der Waals surface area (Å²) in [6.45, 7) is 0. The van der Waals surface area contributed by atoms with Crippen LogP contribution in [0.2, 0.25) is 10.0 Å². The van der Waals surface area contributed by atoms with Gasteiger partial charge in [-0.25, -0.2) is 4.98 Å². The third-order valence-corrected chi connectivity index (χ3v) is 5.12. The Morgan fingerprint density at radius 1 is 1.20 bits per heavy atom. The monoisotopic (exact) mass is 389 g/mol. The minimum Gasteiger partial charge on any atom is -0.464 e. The van der Waals surface area contributed by atoms with Gasteiger partial charge in [0.25, 0.3) is 5.56 Å². The fourth-order valence-corrected chi connectivity index (χ4v) is 3.75. The fraction of sp³-hybridized carbons (Fsp3) is 0. The second-order valence-corrected chi connectivity index (χ2v) is 6.75. The molecule has 4 aromatic rings. The Kier molecular flexibility index (Phi) is 4.17. The molecule has 5 nitrogen and oxygen atoms in total. The van der Waals surface area contributed by atoms with Gasteiger partial charge in [0.05, 0.1) is 27.9 Å². The molecule has 0 saturated carbocycles. The SMILES string of the molecule is O=c1c2c(-c3ccco3)csc2ncn1/N=C\c1c(Cl)cccc1Cl. The number of rotatable bonds is 3. The van der Waals surface area contributed by atoms with Crippen LogP contribution in [0.1, 0.15) is 5.56 Å². The molecule has 0 aliphatic carbocycles. The van der Waals surface area contributed by atoms with Crippen molar-refractivity contribution in [3.63, 3.8) is 0 Å². The molecule has 0 amide bonds. The molecule has 1 aromatic carbocycles. The molecule has 124 valence electrons. The van der Waals surface area contributed by atoms with E-state index in [-0.39, 0.29) is 5.56 Å². The van der Waals surface area contributed by atoms with Gasteiger partial charge in [-0.2, -0.15) is 9.78 Å². The lowest BCUT2D eigenvalue weighted by Crippen LogP contribution is -2.16. The van der Waals surface area contributed by atoms with Gasteiger partial charge >= 0.3 is 0 Å². The number of halogens is 2. The Labute approximate surface area is 155 Å². The highest BCUT2D eigenvalue weighted by molar-refractivity contribution is 7.17. The molecular formula is C17H9Cl2N3O2S. The Hall–Kier alpha value is -2.41. The highest BCUT2D eigenvalue weighted by Gasteiger charge is 2.14. The van der Waals surface area contributed by atoms with Gasteiger partial charge in [0.15, 0.2) is 0 Å². The van der Waals surface area contributed by atoms with E-state index in [1.54, 1.807) is 36.6 Å². The maximum atomic E-state index is 12.8. The van der Waals surface area contributed by atoms with E-state index in [4.69, 9.17) is 27.6 Å². The molecule has 0 N–H and O–H groups in total. The standard InChI is InChI=1S/C17H9Cl2N3O2S/c18-12-3-1-4-13(19)10(12)7-21-22-9-20-16-15(17(22)23)11(8-25-16)14-5-2-6-24-14/h1-9H/b21-7-. The molecule has 0 spiro atoms. The van der Waals surface area contributed by atoms with Gasteiger partial charge < -0.3 is 4.42 Å². The lowest BCUT2D eigenvalue weighted by Gasteiger charge is -2.02. The lowest BCUT2D eigenvalue weighted by molar-refractivity contribution is 0.583. The fourth-order valence-electron chi connectivity index (χ4n) is 2.37. The molecule has 0 unspecified atom stereocenters. The number of aromatic nitrogens is 2. The van der Waals surface area contributed by atoms with E-state index in [1.807, 2.05) is 5.38 Å². The molecule has 25 heavy (non-hydrogen) atoms. The van der Waals surface area contributed by atoms with Gasteiger partial charge in [0.2, 0.25) is 0 Å². The molecule has 0 fully saturated rings. The summed E-state index contributed by atoms with van der Waals surface area (Å²) in [5.41, 5.74) is 0.939. The number of hydrogen-bond donors (Lipinski definition) is 0. The molecule has 0 radical (unpaired) electrons. The van der Waals surface area contributed by atoms with Crippen LogP contribution >= 0.6 is 34.5 Å². The second-order valence-electron chi connectivity index (χ2n) is 5.08. The average molecular weight is 390 g/mol. The van der Waals surface area contributed by atoms with Crippen LogP contribution in [0, 0.1) is 0 Å². The molecule has 3 heterocycles. The van der Waals surface area contributed by atoms with Gasteiger partial charge in [0.1, 0.15) is 16.9 Å². The van der Waals surface area contributed by atoms with Crippen molar-refractivity contribution < 1.29 is 4.42 Å². The van der Waals surface area contributed by atoms with Crippen molar-refractivity contribution in [2.75, 3.05) is 0 Å². The maximum Gasteiger partial charge on any atom is 0.283 e. The number of benzene rings is 1. The largest absolute Gasteiger partial charge is 0.464 e. The quantitative estimate of drug-likeness (QED) is 0.467. The van der Waals surface area contributed by atoms with E-state index in [0.29, 0.717) is 37.1 Å². The first-order chi connectivity index (χ1) is 12.1. The molecule has 0 saturated heterocycles. The molecule has 0 atom stereocenters. The number of fused-ring (bicyclic) bond motifs is 1. The zero-order chi connectivity index (χ0) is 17.4. The number of nitrogens with zero attached hydrogens (tertiary/aromatic N) is 3. The summed E-state index contributed by atoms with van der Waals surface area (Å²) in [5.74, 6) is 0.612. The summed E-state index contributed by atoms with van der Waals surface area (Å²) in [7, 11) is 0. The van der Waals surface area contributed by atoms with Crippen LogP contribution in [0.3, 0.4) is 0 Å². The van der Waals surface area contributed by atoms with Crippen molar-refractivity contribution in [1.82, 2.24) is 9.66 Å². The minimum atomic E-state index is -0.294. The molecule has 0 aliphatic heterocycles. The van der Waals surface area contributed by atoms with Gasteiger partial charge in [0, 0.05) is 16.5 Å². The summed E-state index contributed by atoms with van der Waals surface area (Å²) < 4.78 is 6.55. The summed E-state index contributed by atoms with van der Waals surface area (Å²) in [5, 5.41) is 7.38. The van der Waals surface area contributed by atoms with Crippen molar-refractivity contribution in [3.05, 3.63) is 74.3 Å². The molecule has 0 aliphatic rings. The Bertz CT molecular complexity index is 1130. The zero-order valence-corrected chi connectivity index (χ0v) is 14.8. The first kappa shape index (κ1) is 16.1. The third kappa shape index (κ3) is 2.89. The number of thiophene rings is 1. The van der Waals surface area contributed by atoms with E-state index in [9.17, 15) is 4.79 Å². The predicted octanol–water partition coefficient (Wildman–Crippen LogP) is 4.91. The molecule has 0 bridgehead atoms. The predicted molar refractivity (Wildman–Crippen MR) is 101 cm³/mol. The average Bonchev–Trinajstić information content (AvgIpc) is 3.25. The smallest absolute Gasteiger partial charge is 0.283 e. The molecular weight excluding hydrogens is 381 g/mol. The van der Waals surface area contributed by atoms with E-state index < -0.39 is 0 Å². The normalized spacial score (nSPS) is 11.6. The number of hydrogen-bond acceptors (Lipinski definition) is 5. The van der Waals surface area contributed by atoms with Crippen molar-refractivity contribution in [3.8, 4) is 11.3 Å². The van der Waals surface area contributed by atoms with Crippen LogP contribution < -0.4 is 5.56 Å². The van der Waals surface area contributed by atoms with Crippen LogP contribution in [0.5, 0.6) is 0 Å². The highest BCUT2D eigenvalue weighted by atomic mass is 35.5. The van der Waals surface area contributed by atoms with Gasteiger partial charge in [-0.05, 0) is 24.3 Å². The topological polar surface area (TPSA) is 60.4 Å². The van der Waals surface area contributed by atoms with Crippen LogP contribution in [-0.4, -0.2) is 15.9 Å². The molecule has 8 heteroatoms. The molecule has 4 rings (SSSR count). The van der Waals surface area contributed by atoms with Crippen molar-refractivity contribution >= 4 is 51.0 Å². The summed E-state index contributed by atoms with van der Waals surface area (Å²) >= 11 is 13.6. The van der Waals surface area contributed by atoms with Gasteiger partial charge in [-0.3, -0.25) is 4.79 Å². The first-order valence-corrected chi connectivity index (χ1v) is 8.80. The zero-order valence-electron chi connectivity index (χ0n) is 12.5. The summed E-state index contributed by atoms with van der Waals surface area (Å²) in [4.78, 5) is 17.7. The van der Waals surface area contributed by atoms with Crippen molar-refractivity contribution in [2.45, 2.75) is 0 Å². The summed E-state index contributed by atoms with van der Waals surface area (Å²) in [6, 6.07) is 8.71. The van der Waals surface area contributed by atoms with Crippen LogP contribution in [0.25, 0.3) is 21.5 Å². The molecule has 3 aromatic heterocycles. The maximum absolute atomic E-state index is 12.8. The Morgan fingerprint density at radius 3 is 2.72 bits per heavy atom. The number of furan rings is 1. The van der Waals surface area contributed by atoms with Crippen LogP contribution in [0.4, 0.5) is 0 Å². The Morgan fingerprint density at radius 2 is 2.00 bits per heavy atom. The van der Waals surface area contributed by atoms with E-state index in [1.165, 1.54) is 23.9 Å². The van der Waals surface area contributed by atoms with Crippen LogP contribution in [-0.2, 0) is 0 Å². The second kappa shape index (κ2) is 6.48. The van der Waals surface area contributed by atoms with Crippen LogP contribution in [0.15, 0.2) is 62.6 Å². The van der Waals surface area contributed by atoms with E-state index >= 15 is 0 Å². The Balaban J connectivity index is 1.84. The van der Waals surface area contributed by atoms with E-state index in [2.05, 4.69) is 10.1 Å². The lowest BCUT2D eigenvalue weighted by atomic mass is 10.2. The van der Waals surface area contributed by atoms with E-state index in [0.717, 1.165) is 4.68 Å². The third-order valence-electron chi connectivity index (χ3n) is 3.58. The summed E-state index contributed by atoms with van der Waals surface area (Å²) in [6.07, 6.45) is 4.37. The van der Waals surface area contributed by atoms with Crippen molar-refractivity contribution in [1.29, 1.82) is 0 Å². The minimum absolute atomic E-state index is 0.294. The van der Waals surface area contributed by atoms with Gasteiger partial charge in [-0.15, -0.1) is 11.3 Å². The first-order valence-electron chi connectivity index (χ1n) is 7.16. The van der Waals surface area contributed by atoms with Crippen molar-refractivity contribution in [2.24, 2.45) is 5.10 Å². The van der Waals surface area contributed by atoms with Gasteiger partial charge in [-0.1, -0.05) is 29.3 Å². The highest BCUT2D eigenvalue weighted by Crippen LogP contribution is 2.30.